The Morgan fingerprint density at radius 2 is 1.84 bits per heavy atom. The molecule has 1 amide bonds. The highest BCUT2D eigenvalue weighted by Crippen LogP contribution is 2.20. The summed E-state index contributed by atoms with van der Waals surface area (Å²) in [4.78, 5) is 27.4. The molecule has 0 spiro atoms. The van der Waals surface area contributed by atoms with Crippen molar-refractivity contribution < 1.29 is 14.7 Å². The summed E-state index contributed by atoms with van der Waals surface area (Å²) in [6.07, 6.45) is 3.78. The normalized spacial score (nSPS) is 10.6. The fourth-order valence-corrected chi connectivity index (χ4v) is 3.87. The maximum Gasteiger partial charge on any atom is 0.303 e. The largest absolute Gasteiger partial charge is 0.481 e. The van der Waals surface area contributed by atoms with E-state index in [1.54, 1.807) is 17.5 Å². The average Bonchev–Trinajstić information content (AvgIpc) is 3.23. The molecule has 0 saturated carbocycles. The lowest BCUT2D eigenvalue weighted by atomic mass is 10.1. The Bertz CT molecular complexity index is 1010. The van der Waals surface area contributed by atoms with E-state index in [1.165, 1.54) is 29.7 Å². The van der Waals surface area contributed by atoms with Crippen LogP contribution in [0, 0.1) is 0 Å². The predicted molar refractivity (Wildman–Crippen MR) is 125 cm³/mol. The number of carboxylic acid groups (broad SMARTS) is 1. The van der Waals surface area contributed by atoms with Crippen LogP contribution in [0.4, 0.5) is 10.8 Å². The zero-order valence-electron chi connectivity index (χ0n) is 17.6. The first-order chi connectivity index (χ1) is 15.0. The first kappa shape index (κ1) is 22.5. The number of anilines is 2. The zero-order chi connectivity index (χ0) is 22.1. The SMILES string of the molecule is CCCCc1ccccc1NCc1ccc(C(=O)Nc2nc(CCC(=O)O)cs2)cc1. The second-order valence-electron chi connectivity index (χ2n) is 7.30. The number of unbranched alkanes of at least 4 members (excludes halogenated alkanes) is 1. The lowest BCUT2D eigenvalue weighted by molar-refractivity contribution is -0.136. The maximum atomic E-state index is 12.5. The number of aliphatic carboxylic acids is 1. The van der Waals surface area contributed by atoms with E-state index in [9.17, 15) is 9.59 Å². The summed E-state index contributed by atoms with van der Waals surface area (Å²) in [5, 5.41) is 17.3. The summed E-state index contributed by atoms with van der Waals surface area (Å²) in [5.41, 5.74) is 4.79. The van der Waals surface area contributed by atoms with Crippen molar-refractivity contribution >= 4 is 34.0 Å². The van der Waals surface area contributed by atoms with Crippen LogP contribution in [0.2, 0.25) is 0 Å². The number of para-hydroxylation sites is 1. The van der Waals surface area contributed by atoms with Gasteiger partial charge >= 0.3 is 5.97 Å². The number of thiazole rings is 1. The van der Waals surface area contributed by atoms with Crippen molar-refractivity contribution in [3.63, 3.8) is 0 Å². The van der Waals surface area contributed by atoms with E-state index in [1.807, 2.05) is 18.2 Å². The smallest absolute Gasteiger partial charge is 0.303 e. The number of nitrogens with one attached hydrogen (secondary N) is 2. The third kappa shape index (κ3) is 6.93. The lowest BCUT2D eigenvalue weighted by Crippen LogP contribution is -2.12. The van der Waals surface area contributed by atoms with E-state index in [2.05, 4.69) is 40.7 Å². The second-order valence-corrected chi connectivity index (χ2v) is 8.16. The minimum absolute atomic E-state index is 0.0235. The number of benzene rings is 2. The fourth-order valence-electron chi connectivity index (χ4n) is 3.13. The number of hydrogen-bond acceptors (Lipinski definition) is 5. The standard InChI is InChI=1S/C24H27N3O3S/c1-2-3-6-18-7-4-5-8-21(18)25-15-17-9-11-19(12-10-17)23(30)27-24-26-20(16-31-24)13-14-22(28)29/h4-5,7-12,16,25H,2-3,6,13-15H2,1H3,(H,28,29)(H,26,27,30). The number of aryl methyl sites for hydroxylation is 2. The number of aromatic nitrogens is 1. The molecule has 0 saturated heterocycles. The molecular formula is C24H27N3O3S. The van der Waals surface area contributed by atoms with E-state index in [4.69, 9.17) is 5.11 Å². The Balaban J connectivity index is 1.54. The van der Waals surface area contributed by atoms with Crippen molar-refractivity contribution in [1.82, 2.24) is 4.98 Å². The van der Waals surface area contributed by atoms with E-state index in [0.717, 1.165) is 17.7 Å². The molecule has 3 aromatic rings. The van der Waals surface area contributed by atoms with Crippen molar-refractivity contribution in [2.45, 2.75) is 45.6 Å². The highest BCUT2D eigenvalue weighted by molar-refractivity contribution is 7.14. The molecule has 0 aliphatic heterocycles. The van der Waals surface area contributed by atoms with E-state index >= 15 is 0 Å². The first-order valence-electron chi connectivity index (χ1n) is 10.4. The van der Waals surface area contributed by atoms with Gasteiger partial charge in [0.15, 0.2) is 5.13 Å². The van der Waals surface area contributed by atoms with Gasteiger partial charge in [-0.15, -0.1) is 11.3 Å². The van der Waals surface area contributed by atoms with E-state index in [0.29, 0.717) is 29.4 Å². The van der Waals surface area contributed by atoms with Gasteiger partial charge in [-0.1, -0.05) is 43.7 Å². The molecule has 0 fully saturated rings. The average molecular weight is 438 g/mol. The number of hydrogen-bond donors (Lipinski definition) is 3. The lowest BCUT2D eigenvalue weighted by Gasteiger charge is -2.12. The van der Waals surface area contributed by atoms with Crippen LogP contribution in [0.5, 0.6) is 0 Å². The predicted octanol–water partition coefficient (Wildman–Crippen LogP) is 5.37. The number of nitrogens with zero attached hydrogens (tertiary/aromatic N) is 1. The highest BCUT2D eigenvalue weighted by Gasteiger charge is 2.10. The summed E-state index contributed by atoms with van der Waals surface area (Å²) in [7, 11) is 0. The molecule has 0 atom stereocenters. The fraction of sp³-hybridized carbons (Fsp3) is 0.292. The molecule has 162 valence electrons. The van der Waals surface area contributed by atoms with Gasteiger partial charge in [-0.3, -0.25) is 14.9 Å². The molecule has 31 heavy (non-hydrogen) atoms. The van der Waals surface area contributed by atoms with Crippen LogP contribution in [0.15, 0.2) is 53.9 Å². The summed E-state index contributed by atoms with van der Waals surface area (Å²) in [6, 6.07) is 15.9. The highest BCUT2D eigenvalue weighted by atomic mass is 32.1. The Morgan fingerprint density at radius 3 is 2.58 bits per heavy atom. The topological polar surface area (TPSA) is 91.3 Å². The van der Waals surface area contributed by atoms with Crippen LogP contribution in [0.1, 0.15) is 53.4 Å². The Morgan fingerprint density at radius 1 is 1.06 bits per heavy atom. The molecule has 1 heterocycles. The van der Waals surface area contributed by atoms with Gasteiger partial charge in [0.2, 0.25) is 0 Å². The Labute approximate surface area is 186 Å². The van der Waals surface area contributed by atoms with Crippen LogP contribution in [0.25, 0.3) is 0 Å². The first-order valence-corrected chi connectivity index (χ1v) is 11.3. The second kappa shape index (κ2) is 11.3. The third-order valence-electron chi connectivity index (χ3n) is 4.88. The minimum Gasteiger partial charge on any atom is -0.481 e. The van der Waals surface area contributed by atoms with Crippen molar-refractivity contribution in [2.24, 2.45) is 0 Å². The molecule has 7 heteroatoms. The number of carbonyl (C=O) groups is 2. The van der Waals surface area contributed by atoms with Gasteiger partial charge in [0.25, 0.3) is 5.91 Å². The van der Waals surface area contributed by atoms with Crippen molar-refractivity contribution in [3.05, 3.63) is 76.3 Å². The van der Waals surface area contributed by atoms with Crippen LogP contribution >= 0.6 is 11.3 Å². The van der Waals surface area contributed by atoms with Gasteiger partial charge < -0.3 is 10.4 Å². The Kier molecular flexibility index (Phi) is 8.18. The van der Waals surface area contributed by atoms with Gasteiger partial charge in [-0.25, -0.2) is 4.98 Å². The number of carboxylic acids is 1. The quantitative estimate of drug-likeness (QED) is 0.375. The maximum absolute atomic E-state index is 12.5. The van der Waals surface area contributed by atoms with Crippen LogP contribution in [-0.2, 0) is 24.2 Å². The summed E-state index contributed by atoms with van der Waals surface area (Å²) in [5.74, 6) is -1.10. The summed E-state index contributed by atoms with van der Waals surface area (Å²) in [6.45, 7) is 2.88. The number of carbonyl (C=O) groups excluding carboxylic acids is 1. The van der Waals surface area contributed by atoms with Crippen LogP contribution in [0.3, 0.4) is 0 Å². The van der Waals surface area contributed by atoms with E-state index < -0.39 is 5.97 Å². The molecule has 2 aromatic carbocycles. The molecule has 0 aliphatic rings. The molecule has 6 nitrogen and oxygen atoms in total. The van der Waals surface area contributed by atoms with Gasteiger partial charge in [0.05, 0.1) is 12.1 Å². The zero-order valence-corrected chi connectivity index (χ0v) is 18.4. The molecular weight excluding hydrogens is 410 g/mol. The number of rotatable bonds is 11. The monoisotopic (exact) mass is 437 g/mol. The summed E-state index contributed by atoms with van der Waals surface area (Å²) >= 11 is 1.29. The molecule has 1 aromatic heterocycles. The van der Waals surface area contributed by atoms with E-state index in [-0.39, 0.29) is 12.3 Å². The van der Waals surface area contributed by atoms with Gasteiger partial charge in [0.1, 0.15) is 0 Å². The van der Waals surface area contributed by atoms with Gasteiger partial charge in [0, 0.05) is 29.6 Å². The van der Waals surface area contributed by atoms with Gasteiger partial charge in [-0.2, -0.15) is 0 Å². The summed E-state index contributed by atoms with van der Waals surface area (Å²) < 4.78 is 0. The molecule has 0 unspecified atom stereocenters. The van der Waals surface area contributed by atoms with Crippen molar-refractivity contribution in [3.8, 4) is 0 Å². The number of amides is 1. The van der Waals surface area contributed by atoms with Gasteiger partial charge in [-0.05, 0) is 42.2 Å². The molecule has 0 aliphatic carbocycles. The molecule has 0 radical (unpaired) electrons. The Hall–Kier alpha value is -3.19. The van der Waals surface area contributed by atoms with Crippen LogP contribution in [-0.4, -0.2) is 22.0 Å². The molecule has 0 bridgehead atoms. The van der Waals surface area contributed by atoms with Crippen molar-refractivity contribution in [1.29, 1.82) is 0 Å². The minimum atomic E-state index is -0.863. The molecule has 3 rings (SSSR count). The third-order valence-corrected chi connectivity index (χ3v) is 5.69. The van der Waals surface area contributed by atoms with Crippen molar-refractivity contribution in [2.75, 3.05) is 10.6 Å². The molecule has 3 N–H and O–H groups in total. The van der Waals surface area contributed by atoms with Crippen LogP contribution < -0.4 is 10.6 Å².